The second-order valence-electron chi connectivity index (χ2n) is 7.33. The van der Waals surface area contributed by atoms with Crippen LogP contribution in [0.5, 0.6) is 0 Å². The number of nitrogens with zero attached hydrogens (tertiary/aromatic N) is 2. The van der Waals surface area contributed by atoms with E-state index in [4.69, 9.17) is 4.74 Å². The Morgan fingerprint density at radius 2 is 1.71 bits per heavy atom. The third-order valence-electron chi connectivity index (χ3n) is 4.61. The van der Waals surface area contributed by atoms with Gasteiger partial charge in [-0.15, -0.1) is 0 Å². The Labute approximate surface area is 129 Å². The van der Waals surface area contributed by atoms with Gasteiger partial charge in [0.15, 0.2) is 0 Å². The number of piperazine rings is 1. The minimum atomic E-state index is -0.406. The molecule has 5 heteroatoms. The van der Waals surface area contributed by atoms with Gasteiger partial charge in [-0.3, -0.25) is 4.90 Å². The Hall–Kier alpha value is -0.810. The van der Waals surface area contributed by atoms with E-state index in [1.165, 1.54) is 12.8 Å². The molecule has 2 aliphatic heterocycles. The van der Waals surface area contributed by atoms with Crippen molar-refractivity contribution in [2.24, 2.45) is 5.92 Å². The Bertz CT molecular complexity index is 340. The van der Waals surface area contributed by atoms with Gasteiger partial charge in [0.05, 0.1) is 0 Å². The van der Waals surface area contributed by atoms with Crippen LogP contribution in [0.3, 0.4) is 0 Å². The molecule has 0 saturated carbocycles. The molecule has 1 amide bonds. The van der Waals surface area contributed by atoms with Crippen LogP contribution in [0.1, 0.15) is 40.5 Å². The summed E-state index contributed by atoms with van der Waals surface area (Å²) in [7, 11) is 0. The van der Waals surface area contributed by atoms with Crippen molar-refractivity contribution < 1.29 is 9.53 Å². The predicted molar refractivity (Wildman–Crippen MR) is 84.4 cm³/mol. The number of amides is 1. The van der Waals surface area contributed by atoms with Crippen LogP contribution in [0, 0.1) is 5.92 Å². The van der Waals surface area contributed by atoms with Gasteiger partial charge in [0.25, 0.3) is 0 Å². The molecule has 0 bridgehead atoms. The highest BCUT2D eigenvalue weighted by Crippen LogP contribution is 2.22. The fourth-order valence-corrected chi connectivity index (χ4v) is 3.26. The molecule has 0 spiro atoms. The van der Waals surface area contributed by atoms with Crippen molar-refractivity contribution in [1.82, 2.24) is 15.1 Å². The van der Waals surface area contributed by atoms with E-state index >= 15 is 0 Å². The van der Waals surface area contributed by atoms with Gasteiger partial charge in [-0.05, 0) is 59.5 Å². The van der Waals surface area contributed by atoms with E-state index < -0.39 is 5.60 Å². The van der Waals surface area contributed by atoms with Crippen molar-refractivity contribution in [1.29, 1.82) is 0 Å². The maximum Gasteiger partial charge on any atom is 0.410 e. The third kappa shape index (κ3) is 4.85. The zero-order valence-corrected chi connectivity index (χ0v) is 14.0. The quantitative estimate of drug-likeness (QED) is 0.846. The molecule has 2 saturated heterocycles. The van der Waals surface area contributed by atoms with Crippen LogP contribution in [0.25, 0.3) is 0 Å². The number of nitrogens with one attached hydrogen (secondary N) is 1. The first-order valence-corrected chi connectivity index (χ1v) is 8.29. The SMILES string of the molecule is C[C@H](C1CCNCC1)N1CCN(C(=O)OC(C)(C)C)CC1. The van der Waals surface area contributed by atoms with E-state index in [-0.39, 0.29) is 6.09 Å². The summed E-state index contributed by atoms with van der Waals surface area (Å²) in [6.45, 7) is 13.9. The first-order valence-electron chi connectivity index (χ1n) is 8.29. The lowest BCUT2D eigenvalue weighted by atomic mass is 9.90. The summed E-state index contributed by atoms with van der Waals surface area (Å²) in [6.07, 6.45) is 2.37. The van der Waals surface area contributed by atoms with E-state index in [1.807, 2.05) is 25.7 Å². The van der Waals surface area contributed by atoms with Gasteiger partial charge in [-0.2, -0.15) is 0 Å². The summed E-state index contributed by atoms with van der Waals surface area (Å²) in [5.41, 5.74) is -0.406. The Morgan fingerprint density at radius 1 is 1.14 bits per heavy atom. The molecule has 21 heavy (non-hydrogen) atoms. The molecule has 1 atom stereocenters. The van der Waals surface area contributed by atoms with Crippen molar-refractivity contribution in [3.05, 3.63) is 0 Å². The Kier molecular flexibility index (Phi) is 5.49. The van der Waals surface area contributed by atoms with Crippen molar-refractivity contribution in [3.63, 3.8) is 0 Å². The lowest BCUT2D eigenvalue weighted by Gasteiger charge is -2.42. The smallest absolute Gasteiger partial charge is 0.410 e. The third-order valence-corrected chi connectivity index (χ3v) is 4.61. The summed E-state index contributed by atoms with van der Waals surface area (Å²) >= 11 is 0. The summed E-state index contributed by atoms with van der Waals surface area (Å²) < 4.78 is 5.45. The zero-order chi connectivity index (χ0) is 15.5. The van der Waals surface area contributed by atoms with Crippen LogP contribution >= 0.6 is 0 Å². The predicted octanol–water partition coefficient (Wildman–Crippen LogP) is 1.93. The van der Waals surface area contributed by atoms with Crippen LogP contribution < -0.4 is 5.32 Å². The van der Waals surface area contributed by atoms with Gasteiger partial charge in [0.2, 0.25) is 0 Å². The van der Waals surface area contributed by atoms with Gasteiger partial charge >= 0.3 is 6.09 Å². The first kappa shape index (κ1) is 16.6. The largest absolute Gasteiger partial charge is 0.444 e. The number of hydrogen-bond acceptors (Lipinski definition) is 4. The van der Waals surface area contributed by atoms with E-state index in [1.54, 1.807) is 0 Å². The molecule has 1 N–H and O–H groups in total. The molecule has 2 aliphatic rings. The van der Waals surface area contributed by atoms with Crippen LogP contribution in [0.2, 0.25) is 0 Å². The average molecular weight is 297 g/mol. The van der Waals surface area contributed by atoms with Crippen LogP contribution in [-0.2, 0) is 4.74 Å². The van der Waals surface area contributed by atoms with Crippen LogP contribution in [-0.4, -0.2) is 66.8 Å². The molecule has 0 aromatic heterocycles. The number of carbonyl (C=O) groups is 1. The van der Waals surface area contributed by atoms with E-state index in [2.05, 4.69) is 17.1 Å². The second kappa shape index (κ2) is 6.97. The van der Waals surface area contributed by atoms with E-state index in [9.17, 15) is 4.79 Å². The minimum absolute atomic E-state index is 0.170. The summed E-state index contributed by atoms with van der Waals surface area (Å²) in [5, 5.41) is 3.43. The highest BCUT2D eigenvalue weighted by atomic mass is 16.6. The van der Waals surface area contributed by atoms with Crippen molar-refractivity contribution in [2.75, 3.05) is 39.3 Å². The molecular weight excluding hydrogens is 266 g/mol. The molecule has 5 nitrogen and oxygen atoms in total. The maximum absolute atomic E-state index is 12.1. The van der Waals surface area contributed by atoms with Crippen molar-refractivity contribution in [3.8, 4) is 0 Å². The average Bonchev–Trinajstić information content (AvgIpc) is 2.46. The molecule has 0 radical (unpaired) electrons. The maximum atomic E-state index is 12.1. The Balaban J connectivity index is 1.78. The molecule has 2 rings (SSSR count). The number of ether oxygens (including phenoxy) is 1. The first-order chi connectivity index (χ1) is 9.87. The van der Waals surface area contributed by atoms with Gasteiger partial charge < -0.3 is 15.0 Å². The molecule has 2 fully saturated rings. The van der Waals surface area contributed by atoms with Crippen molar-refractivity contribution >= 4 is 6.09 Å². The monoisotopic (exact) mass is 297 g/mol. The normalized spacial score (nSPS) is 23.9. The molecular formula is C16H31N3O2. The summed E-state index contributed by atoms with van der Waals surface area (Å²) in [4.78, 5) is 16.5. The number of piperidine rings is 1. The van der Waals surface area contributed by atoms with Gasteiger partial charge in [-0.1, -0.05) is 0 Å². The Morgan fingerprint density at radius 3 is 2.24 bits per heavy atom. The standard InChI is InChI=1S/C16H31N3O2/c1-13(14-5-7-17-8-6-14)18-9-11-19(12-10-18)15(20)21-16(2,3)4/h13-14,17H,5-12H2,1-4H3/t13-/m1/s1. The lowest BCUT2D eigenvalue weighted by molar-refractivity contribution is 0.00683. The number of hydrogen-bond donors (Lipinski definition) is 1. The molecule has 122 valence electrons. The fourth-order valence-electron chi connectivity index (χ4n) is 3.26. The number of carbonyl (C=O) groups excluding carboxylic acids is 1. The zero-order valence-electron chi connectivity index (χ0n) is 14.0. The molecule has 0 aromatic rings. The summed E-state index contributed by atoms with van der Waals surface area (Å²) in [5.74, 6) is 0.791. The fraction of sp³-hybridized carbons (Fsp3) is 0.938. The summed E-state index contributed by atoms with van der Waals surface area (Å²) in [6, 6.07) is 0.618. The van der Waals surface area contributed by atoms with Gasteiger partial charge in [0, 0.05) is 32.2 Å². The van der Waals surface area contributed by atoms with E-state index in [0.717, 1.165) is 45.2 Å². The molecule has 2 heterocycles. The number of rotatable bonds is 2. The van der Waals surface area contributed by atoms with Crippen LogP contribution in [0.15, 0.2) is 0 Å². The van der Waals surface area contributed by atoms with Gasteiger partial charge in [-0.25, -0.2) is 4.79 Å². The highest BCUT2D eigenvalue weighted by Gasteiger charge is 2.30. The van der Waals surface area contributed by atoms with E-state index in [0.29, 0.717) is 6.04 Å². The molecule has 0 unspecified atom stereocenters. The topological polar surface area (TPSA) is 44.8 Å². The van der Waals surface area contributed by atoms with Crippen LogP contribution in [0.4, 0.5) is 4.79 Å². The molecule has 0 aromatic carbocycles. The van der Waals surface area contributed by atoms with Gasteiger partial charge in [0.1, 0.15) is 5.60 Å². The molecule has 0 aliphatic carbocycles. The second-order valence-corrected chi connectivity index (χ2v) is 7.33. The lowest BCUT2D eigenvalue weighted by Crippen LogP contribution is -2.54. The van der Waals surface area contributed by atoms with Crippen molar-refractivity contribution in [2.45, 2.75) is 52.2 Å². The minimum Gasteiger partial charge on any atom is -0.444 e. The highest BCUT2D eigenvalue weighted by molar-refractivity contribution is 5.68.